The minimum absolute atomic E-state index is 0.128. The Hall–Kier alpha value is -2.05. The Morgan fingerprint density at radius 2 is 1.78 bits per heavy atom. The number of rotatable bonds is 4. The topological polar surface area (TPSA) is 43.8 Å². The number of aryl methyl sites for hydroxylation is 1. The van der Waals surface area contributed by atoms with Gasteiger partial charge in [-0.05, 0) is 48.4 Å². The maximum Gasteiger partial charge on any atom is 0.256 e. The van der Waals surface area contributed by atoms with E-state index in [-0.39, 0.29) is 11.9 Å². The summed E-state index contributed by atoms with van der Waals surface area (Å²) in [5.41, 5.74) is 3.60. The molecule has 7 heteroatoms. The summed E-state index contributed by atoms with van der Waals surface area (Å²) in [6.45, 7) is 3.50. The number of benzene rings is 3. The van der Waals surface area contributed by atoms with Crippen molar-refractivity contribution in [1.82, 2.24) is 4.90 Å². The number of aliphatic hydroxyl groups is 1. The van der Waals surface area contributed by atoms with E-state index in [9.17, 15) is 9.90 Å². The molecule has 0 radical (unpaired) electrons. The molecule has 166 valence electrons. The molecule has 1 unspecified atom stereocenters. The summed E-state index contributed by atoms with van der Waals surface area (Å²) in [5.74, 6) is -0.314. The van der Waals surface area contributed by atoms with Gasteiger partial charge in [0.05, 0.1) is 16.8 Å². The van der Waals surface area contributed by atoms with E-state index in [1.54, 1.807) is 11.0 Å². The predicted molar refractivity (Wildman–Crippen MR) is 133 cm³/mol. The van der Waals surface area contributed by atoms with Crippen LogP contribution in [-0.2, 0) is 4.79 Å². The lowest BCUT2D eigenvalue weighted by Gasteiger charge is -2.44. The number of amides is 1. The van der Waals surface area contributed by atoms with Crippen LogP contribution in [0.3, 0.4) is 0 Å². The standard InChI is InChI=1S/C25H23BrCl2N2O2/c1-16-6-11-22(21(28)14-16)30-13-12-29(15-23(30)17-7-9-18(27)10-8-17)25(32)24(31)19-4-2-3-5-20(19)26/h2-11,14,23-24,31H,12-13,15H2,1H3/t23-,24?/m0/s1. The fraction of sp³-hybridized carbons (Fsp3) is 0.240. The highest BCUT2D eigenvalue weighted by Gasteiger charge is 2.34. The quantitative estimate of drug-likeness (QED) is 0.435. The number of carbonyl (C=O) groups excluding carboxylic acids is 1. The monoisotopic (exact) mass is 532 g/mol. The summed E-state index contributed by atoms with van der Waals surface area (Å²) in [6.07, 6.45) is -1.23. The van der Waals surface area contributed by atoms with Crippen LogP contribution in [0.1, 0.15) is 28.8 Å². The van der Waals surface area contributed by atoms with Gasteiger partial charge in [0.1, 0.15) is 0 Å². The second kappa shape index (κ2) is 9.84. The molecule has 32 heavy (non-hydrogen) atoms. The molecule has 1 aliphatic heterocycles. The molecule has 0 saturated carbocycles. The van der Waals surface area contributed by atoms with Crippen molar-refractivity contribution < 1.29 is 9.90 Å². The van der Waals surface area contributed by atoms with Gasteiger partial charge in [-0.15, -0.1) is 0 Å². The van der Waals surface area contributed by atoms with Crippen molar-refractivity contribution in [3.8, 4) is 0 Å². The minimum Gasteiger partial charge on any atom is -0.378 e. The molecule has 1 saturated heterocycles. The zero-order valence-corrected chi connectivity index (χ0v) is 20.6. The van der Waals surface area contributed by atoms with E-state index in [4.69, 9.17) is 23.2 Å². The van der Waals surface area contributed by atoms with Gasteiger partial charge in [0.25, 0.3) is 5.91 Å². The van der Waals surface area contributed by atoms with Gasteiger partial charge < -0.3 is 14.9 Å². The Kier molecular flexibility index (Phi) is 7.11. The highest BCUT2D eigenvalue weighted by Crippen LogP contribution is 2.37. The van der Waals surface area contributed by atoms with Gasteiger partial charge in [-0.1, -0.05) is 75.5 Å². The van der Waals surface area contributed by atoms with Crippen molar-refractivity contribution in [3.05, 3.63) is 97.9 Å². The van der Waals surface area contributed by atoms with Crippen molar-refractivity contribution in [2.45, 2.75) is 19.1 Å². The van der Waals surface area contributed by atoms with Gasteiger partial charge >= 0.3 is 0 Å². The molecule has 1 amide bonds. The fourth-order valence-electron chi connectivity index (χ4n) is 4.09. The molecule has 1 aliphatic rings. The van der Waals surface area contributed by atoms with Gasteiger partial charge in [-0.3, -0.25) is 4.79 Å². The third-order valence-electron chi connectivity index (χ3n) is 5.79. The highest BCUT2D eigenvalue weighted by molar-refractivity contribution is 9.10. The lowest BCUT2D eigenvalue weighted by molar-refractivity contribution is -0.141. The first-order chi connectivity index (χ1) is 15.3. The van der Waals surface area contributed by atoms with E-state index >= 15 is 0 Å². The Morgan fingerprint density at radius 1 is 1.06 bits per heavy atom. The third kappa shape index (κ3) is 4.81. The molecule has 4 rings (SSSR count). The molecule has 0 bridgehead atoms. The molecular formula is C25H23BrCl2N2O2. The lowest BCUT2D eigenvalue weighted by Crippen LogP contribution is -2.51. The van der Waals surface area contributed by atoms with Crippen molar-refractivity contribution in [1.29, 1.82) is 0 Å². The van der Waals surface area contributed by atoms with Crippen LogP contribution in [-0.4, -0.2) is 35.5 Å². The normalized spacial score (nSPS) is 17.3. The smallest absolute Gasteiger partial charge is 0.256 e. The predicted octanol–water partition coefficient (Wildman–Crippen LogP) is 6.19. The van der Waals surface area contributed by atoms with E-state index in [1.165, 1.54) is 0 Å². The molecule has 4 nitrogen and oxygen atoms in total. The lowest BCUT2D eigenvalue weighted by atomic mass is 10.00. The van der Waals surface area contributed by atoms with Crippen LogP contribution >= 0.6 is 39.1 Å². The summed E-state index contributed by atoms with van der Waals surface area (Å²) >= 11 is 16.1. The van der Waals surface area contributed by atoms with E-state index in [2.05, 4.69) is 20.8 Å². The first-order valence-electron chi connectivity index (χ1n) is 10.3. The molecule has 3 aromatic carbocycles. The largest absolute Gasteiger partial charge is 0.378 e. The molecule has 0 aliphatic carbocycles. The second-order valence-corrected chi connectivity index (χ2v) is 9.62. The molecule has 3 aromatic rings. The fourth-order valence-corrected chi connectivity index (χ4v) is 5.06. The number of carbonyl (C=O) groups is 1. The van der Waals surface area contributed by atoms with Crippen molar-refractivity contribution >= 4 is 50.7 Å². The summed E-state index contributed by atoms with van der Waals surface area (Å²) in [6, 6.07) is 20.8. The van der Waals surface area contributed by atoms with E-state index in [0.29, 0.717) is 39.7 Å². The Balaban J connectivity index is 1.65. The number of aliphatic hydroxyl groups excluding tert-OH is 1. The van der Waals surface area contributed by atoms with Crippen molar-refractivity contribution in [3.63, 3.8) is 0 Å². The van der Waals surface area contributed by atoms with Crippen LogP contribution < -0.4 is 4.90 Å². The number of piperazine rings is 1. The number of halogens is 3. The third-order valence-corrected chi connectivity index (χ3v) is 7.07. The number of hydrogen-bond acceptors (Lipinski definition) is 3. The van der Waals surface area contributed by atoms with Crippen LogP contribution in [0.4, 0.5) is 5.69 Å². The zero-order chi connectivity index (χ0) is 22.8. The maximum absolute atomic E-state index is 13.2. The molecule has 1 N–H and O–H groups in total. The number of anilines is 1. The zero-order valence-electron chi connectivity index (χ0n) is 17.5. The first-order valence-corrected chi connectivity index (χ1v) is 11.9. The number of nitrogens with zero attached hydrogens (tertiary/aromatic N) is 2. The van der Waals surface area contributed by atoms with Gasteiger partial charge in [-0.2, -0.15) is 0 Å². The second-order valence-electron chi connectivity index (χ2n) is 7.92. The van der Waals surface area contributed by atoms with Gasteiger partial charge in [0.15, 0.2) is 6.10 Å². The first kappa shape index (κ1) is 23.1. The Bertz CT molecular complexity index is 1120. The average Bonchev–Trinajstić information content (AvgIpc) is 2.79. The Morgan fingerprint density at radius 3 is 2.47 bits per heavy atom. The minimum atomic E-state index is -1.23. The summed E-state index contributed by atoms with van der Waals surface area (Å²) < 4.78 is 0.708. The summed E-state index contributed by atoms with van der Waals surface area (Å²) in [5, 5.41) is 12.1. The van der Waals surface area contributed by atoms with Gasteiger partial charge in [-0.25, -0.2) is 0 Å². The summed E-state index contributed by atoms with van der Waals surface area (Å²) in [4.78, 5) is 17.2. The SMILES string of the molecule is Cc1ccc(N2CCN(C(=O)C(O)c3ccccc3Br)C[C@H]2c2ccc(Cl)cc2)c(Cl)c1. The number of hydrogen-bond donors (Lipinski definition) is 1. The van der Waals surface area contributed by atoms with Gasteiger partial charge in [0, 0.05) is 34.7 Å². The van der Waals surface area contributed by atoms with Crippen LogP contribution in [0.15, 0.2) is 71.2 Å². The van der Waals surface area contributed by atoms with Gasteiger partial charge in [0.2, 0.25) is 0 Å². The molecule has 2 atom stereocenters. The van der Waals surface area contributed by atoms with Crippen LogP contribution in [0, 0.1) is 6.92 Å². The van der Waals surface area contributed by atoms with E-state index in [0.717, 1.165) is 16.8 Å². The highest BCUT2D eigenvalue weighted by atomic mass is 79.9. The molecule has 1 fully saturated rings. The van der Waals surface area contributed by atoms with Crippen LogP contribution in [0.5, 0.6) is 0 Å². The molecule has 0 aromatic heterocycles. The Labute approximate surface area is 206 Å². The van der Waals surface area contributed by atoms with E-state index < -0.39 is 6.10 Å². The van der Waals surface area contributed by atoms with Crippen molar-refractivity contribution in [2.75, 3.05) is 24.5 Å². The average molecular weight is 534 g/mol. The van der Waals surface area contributed by atoms with Crippen LogP contribution in [0.2, 0.25) is 10.0 Å². The van der Waals surface area contributed by atoms with E-state index in [1.807, 2.05) is 67.6 Å². The maximum atomic E-state index is 13.2. The molecular weight excluding hydrogens is 511 g/mol. The molecule has 1 heterocycles. The van der Waals surface area contributed by atoms with Crippen LogP contribution in [0.25, 0.3) is 0 Å². The molecule has 0 spiro atoms. The summed E-state index contributed by atoms with van der Waals surface area (Å²) in [7, 11) is 0. The van der Waals surface area contributed by atoms with Crippen molar-refractivity contribution in [2.24, 2.45) is 0 Å².